The van der Waals surface area contributed by atoms with E-state index in [-0.39, 0.29) is 5.60 Å². The zero-order chi connectivity index (χ0) is 11.9. The van der Waals surface area contributed by atoms with E-state index in [0.29, 0.717) is 5.92 Å². The smallest absolute Gasteiger partial charge is 0.238 e. The van der Waals surface area contributed by atoms with Crippen molar-refractivity contribution < 1.29 is 4.74 Å². The first-order valence-corrected chi connectivity index (χ1v) is 5.83. The van der Waals surface area contributed by atoms with Crippen LogP contribution in [0.4, 0.5) is 5.69 Å². The first-order chi connectivity index (χ1) is 7.41. The summed E-state index contributed by atoms with van der Waals surface area (Å²) in [6, 6.07) is 0. The molecule has 0 saturated heterocycles. The number of fused-ring (bicyclic) bond motifs is 1. The van der Waals surface area contributed by atoms with Crippen molar-refractivity contribution >= 4 is 5.69 Å². The third kappa shape index (κ3) is 1.86. The van der Waals surface area contributed by atoms with E-state index in [4.69, 9.17) is 4.74 Å². The van der Waals surface area contributed by atoms with Gasteiger partial charge in [-0.1, -0.05) is 13.8 Å². The van der Waals surface area contributed by atoms with E-state index < -0.39 is 0 Å². The predicted molar refractivity (Wildman–Crippen MR) is 66.3 cm³/mol. The molecule has 0 unspecified atom stereocenters. The average molecular weight is 220 g/mol. The summed E-state index contributed by atoms with van der Waals surface area (Å²) in [6.07, 6.45) is 1.93. The van der Waals surface area contributed by atoms with Crippen molar-refractivity contribution in [3.8, 4) is 5.88 Å². The Hall–Kier alpha value is -1.25. The molecule has 0 bridgehead atoms. The van der Waals surface area contributed by atoms with Crippen LogP contribution in [0.15, 0.2) is 6.20 Å². The average Bonchev–Trinajstić information content (AvgIpc) is 2.15. The zero-order valence-corrected chi connectivity index (χ0v) is 10.7. The van der Waals surface area contributed by atoms with Crippen molar-refractivity contribution in [2.24, 2.45) is 0 Å². The van der Waals surface area contributed by atoms with Crippen molar-refractivity contribution in [3.05, 3.63) is 17.3 Å². The number of pyridine rings is 1. The zero-order valence-electron chi connectivity index (χ0n) is 10.7. The first-order valence-electron chi connectivity index (χ1n) is 5.83. The minimum atomic E-state index is -0.175. The lowest BCUT2D eigenvalue weighted by atomic mass is 9.98. The highest BCUT2D eigenvalue weighted by atomic mass is 16.5. The van der Waals surface area contributed by atoms with E-state index in [0.717, 1.165) is 18.1 Å². The molecule has 3 nitrogen and oxygen atoms in total. The summed E-state index contributed by atoms with van der Waals surface area (Å²) in [4.78, 5) is 4.41. The predicted octanol–water partition coefficient (Wildman–Crippen LogP) is 3.10. The van der Waals surface area contributed by atoms with Crippen LogP contribution in [-0.2, 0) is 0 Å². The van der Waals surface area contributed by atoms with Gasteiger partial charge in [-0.2, -0.15) is 0 Å². The number of aromatic nitrogens is 1. The maximum Gasteiger partial charge on any atom is 0.238 e. The SMILES string of the molecule is Cc1c(C(C)C)cnc2c1NCC(C)(C)O2. The van der Waals surface area contributed by atoms with Crippen molar-refractivity contribution in [2.45, 2.75) is 46.1 Å². The van der Waals surface area contributed by atoms with E-state index in [1.54, 1.807) is 0 Å². The van der Waals surface area contributed by atoms with Gasteiger partial charge in [-0.25, -0.2) is 4.98 Å². The van der Waals surface area contributed by atoms with Crippen LogP contribution in [-0.4, -0.2) is 17.1 Å². The van der Waals surface area contributed by atoms with Crippen molar-refractivity contribution in [3.63, 3.8) is 0 Å². The van der Waals surface area contributed by atoms with Gasteiger partial charge in [0.2, 0.25) is 5.88 Å². The van der Waals surface area contributed by atoms with E-state index in [9.17, 15) is 0 Å². The molecule has 0 fully saturated rings. The van der Waals surface area contributed by atoms with Gasteiger partial charge in [-0.3, -0.25) is 0 Å². The van der Waals surface area contributed by atoms with Crippen LogP contribution in [0.3, 0.4) is 0 Å². The number of rotatable bonds is 1. The van der Waals surface area contributed by atoms with Crippen LogP contribution >= 0.6 is 0 Å². The molecule has 1 aromatic heterocycles. The first kappa shape index (κ1) is 11.2. The molecule has 0 saturated carbocycles. The Morgan fingerprint density at radius 3 is 2.75 bits per heavy atom. The van der Waals surface area contributed by atoms with Crippen LogP contribution in [0.1, 0.15) is 44.7 Å². The van der Waals surface area contributed by atoms with Gasteiger partial charge in [0.1, 0.15) is 11.3 Å². The lowest BCUT2D eigenvalue weighted by molar-refractivity contribution is 0.109. The molecule has 88 valence electrons. The molecule has 2 rings (SSSR count). The standard InChI is InChI=1S/C13H20N2O/c1-8(2)10-6-14-12-11(9(10)3)15-7-13(4,5)16-12/h6,8,15H,7H2,1-5H3. The number of anilines is 1. The lowest BCUT2D eigenvalue weighted by Gasteiger charge is -2.33. The normalized spacial score (nSPS) is 17.6. The molecule has 1 aliphatic heterocycles. The Morgan fingerprint density at radius 1 is 1.44 bits per heavy atom. The second kappa shape index (κ2) is 3.65. The fourth-order valence-corrected chi connectivity index (χ4v) is 2.06. The van der Waals surface area contributed by atoms with E-state index in [1.807, 2.05) is 6.20 Å². The molecule has 1 aromatic rings. The molecule has 0 amide bonds. The van der Waals surface area contributed by atoms with Gasteiger partial charge in [0.25, 0.3) is 0 Å². The van der Waals surface area contributed by atoms with E-state index >= 15 is 0 Å². The summed E-state index contributed by atoms with van der Waals surface area (Å²) < 4.78 is 5.86. The minimum absolute atomic E-state index is 0.175. The molecule has 0 aromatic carbocycles. The second-order valence-corrected chi connectivity index (χ2v) is 5.39. The van der Waals surface area contributed by atoms with Gasteiger partial charge in [-0.15, -0.1) is 0 Å². The third-order valence-electron chi connectivity index (χ3n) is 3.03. The van der Waals surface area contributed by atoms with Crippen molar-refractivity contribution in [1.82, 2.24) is 4.98 Å². The highest BCUT2D eigenvalue weighted by molar-refractivity contribution is 5.62. The Morgan fingerprint density at radius 2 is 2.12 bits per heavy atom. The second-order valence-electron chi connectivity index (χ2n) is 5.39. The summed E-state index contributed by atoms with van der Waals surface area (Å²) in [5, 5.41) is 3.43. The van der Waals surface area contributed by atoms with Crippen LogP contribution < -0.4 is 10.1 Å². The maximum absolute atomic E-state index is 5.86. The maximum atomic E-state index is 5.86. The Labute approximate surface area is 97.2 Å². The van der Waals surface area contributed by atoms with Crippen LogP contribution in [0, 0.1) is 6.92 Å². The molecule has 0 atom stereocenters. The quantitative estimate of drug-likeness (QED) is 0.789. The molecule has 0 aliphatic carbocycles. The van der Waals surface area contributed by atoms with Crippen molar-refractivity contribution in [2.75, 3.05) is 11.9 Å². The summed E-state index contributed by atoms with van der Waals surface area (Å²) >= 11 is 0. The Bertz CT molecular complexity index is 411. The monoisotopic (exact) mass is 220 g/mol. The third-order valence-corrected chi connectivity index (χ3v) is 3.03. The van der Waals surface area contributed by atoms with Crippen molar-refractivity contribution in [1.29, 1.82) is 0 Å². The molecule has 3 heteroatoms. The molecular weight excluding hydrogens is 200 g/mol. The highest BCUT2D eigenvalue weighted by Crippen LogP contribution is 2.36. The van der Waals surface area contributed by atoms with Crippen LogP contribution in [0.25, 0.3) is 0 Å². The number of hydrogen-bond acceptors (Lipinski definition) is 3. The summed E-state index contributed by atoms with van der Waals surface area (Å²) in [5.74, 6) is 1.23. The van der Waals surface area contributed by atoms with Gasteiger partial charge in [0, 0.05) is 6.20 Å². The molecule has 0 spiro atoms. The Kier molecular flexibility index (Phi) is 2.56. The largest absolute Gasteiger partial charge is 0.468 e. The van der Waals surface area contributed by atoms with Gasteiger partial charge in [0.05, 0.1) is 6.54 Å². The van der Waals surface area contributed by atoms with Gasteiger partial charge >= 0.3 is 0 Å². The molecule has 16 heavy (non-hydrogen) atoms. The molecule has 2 heterocycles. The van der Waals surface area contributed by atoms with E-state index in [2.05, 4.69) is 44.9 Å². The van der Waals surface area contributed by atoms with E-state index in [1.165, 1.54) is 11.1 Å². The number of hydrogen-bond donors (Lipinski definition) is 1. The fraction of sp³-hybridized carbons (Fsp3) is 0.615. The van der Waals surface area contributed by atoms with Gasteiger partial charge in [0.15, 0.2) is 0 Å². The molecular formula is C13H20N2O. The lowest BCUT2D eigenvalue weighted by Crippen LogP contribution is -2.40. The number of nitrogens with zero attached hydrogens (tertiary/aromatic N) is 1. The fourth-order valence-electron chi connectivity index (χ4n) is 2.06. The summed E-state index contributed by atoms with van der Waals surface area (Å²) in [6.45, 7) is 11.5. The Balaban J connectivity index is 2.45. The molecule has 1 N–H and O–H groups in total. The topological polar surface area (TPSA) is 34.2 Å². The van der Waals surface area contributed by atoms with Crippen LogP contribution in [0.2, 0.25) is 0 Å². The van der Waals surface area contributed by atoms with Gasteiger partial charge < -0.3 is 10.1 Å². The number of nitrogens with one attached hydrogen (secondary N) is 1. The summed E-state index contributed by atoms with van der Waals surface area (Å²) in [5.41, 5.74) is 3.43. The molecule has 0 radical (unpaired) electrons. The number of ether oxygens (including phenoxy) is 1. The minimum Gasteiger partial charge on any atom is -0.468 e. The van der Waals surface area contributed by atoms with Gasteiger partial charge in [-0.05, 0) is 37.8 Å². The summed E-state index contributed by atoms with van der Waals surface area (Å²) in [7, 11) is 0. The van der Waals surface area contributed by atoms with Crippen LogP contribution in [0.5, 0.6) is 5.88 Å². The molecule has 1 aliphatic rings. The highest BCUT2D eigenvalue weighted by Gasteiger charge is 2.29.